The minimum absolute atomic E-state index is 0.0989. The van der Waals surface area contributed by atoms with Crippen LogP contribution in [0.2, 0.25) is 0 Å². The highest BCUT2D eigenvalue weighted by molar-refractivity contribution is 7.17. The van der Waals surface area contributed by atoms with Gasteiger partial charge in [0.05, 0.1) is 19.6 Å². The van der Waals surface area contributed by atoms with Gasteiger partial charge in [-0.2, -0.15) is 0 Å². The van der Waals surface area contributed by atoms with Gasteiger partial charge in [0.25, 0.3) is 5.91 Å². The highest BCUT2D eigenvalue weighted by atomic mass is 32.1. The van der Waals surface area contributed by atoms with Crippen LogP contribution in [0.5, 0.6) is 5.75 Å². The molecule has 13 nitrogen and oxygen atoms in total. The molecule has 164 valence electrons. The Morgan fingerprint density at radius 1 is 0.844 bits per heavy atom. The summed E-state index contributed by atoms with van der Waals surface area (Å²) in [7, 11) is 0. The number of esters is 1. The summed E-state index contributed by atoms with van der Waals surface area (Å²) in [6.45, 7) is -0.128. The molecule has 0 saturated carbocycles. The summed E-state index contributed by atoms with van der Waals surface area (Å²) >= 11 is 1.25. The van der Waals surface area contributed by atoms with Gasteiger partial charge in [0.2, 0.25) is 5.75 Å². The summed E-state index contributed by atoms with van der Waals surface area (Å²) < 4.78 is 5.02. The smallest absolute Gasteiger partial charge is 0.354 e. The molecule has 15 heteroatoms. The van der Waals surface area contributed by atoms with Crippen LogP contribution in [0.1, 0.15) is 24.9 Å². The molecule has 0 radical (unpaired) electrons. The first-order valence-electron chi connectivity index (χ1n) is 8.42. The molecular weight excluding hydrogens is 468 g/mol. The second kappa shape index (κ2) is 9.27. The molecule has 0 unspecified atom stereocenters. The van der Waals surface area contributed by atoms with E-state index >= 15 is 0 Å². The van der Waals surface area contributed by atoms with Crippen molar-refractivity contribution < 1.29 is 29.1 Å². The first kappa shape index (κ1) is 22.4. The van der Waals surface area contributed by atoms with Gasteiger partial charge in [-0.15, -0.1) is 0 Å². The van der Waals surface area contributed by atoms with E-state index in [1.807, 2.05) is 0 Å². The van der Waals surface area contributed by atoms with Gasteiger partial charge < -0.3 is 10.1 Å². The van der Waals surface area contributed by atoms with E-state index < -0.39 is 32.3 Å². The molecule has 1 aromatic carbocycles. The molecular formula is C17H10N4O9S2. The molecule has 3 aromatic rings. The van der Waals surface area contributed by atoms with Gasteiger partial charge >= 0.3 is 21.7 Å². The number of carbonyl (C=O) groups is 2. The number of ether oxygens (including phenoxy) is 1. The lowest BCUT2D eigenvalue weighted by Gasteiger charge is -2.07. The summed E-state index contributed by atoms with van der Waals surface area (Å²) in [5.74, 6) is -1.97. The standard InChI is InChI=1S/C17H10N4O9S2/c22-16(12-3-5-14(31-12)20(26)27)18-8-9-1-2-11(10(7-9)19(24)25)30-17(23)13-4-6-15(32-13)21(28)29/h1-7H,8H2,(H,18,22). The van der Waals surface area contributed by atoms with E-state index in [1.54, 1.807) is 0 Å². The number of hydrogen-bond donors (Lipinski definition) is 1. The second-order valence-electron chi connectivity index (χ2n) is 5.92. The Hall–Kier alpha value is -4.24. The summed E-state index contributed by atoms with van der Waals surface area (Å²) in [6, 6.07) is 8.41. The van der Waals surface area contributed by atoms with Crippen molar-refractivity contribution in [1.29, 1.82) is 0 Å². The Kier molecular flexibility index (Phi) is 6.50. The number of carbonyl (C=O) groups excluding carboxylic acids is 2. The van der Waals surface area contributed by atoms with E-state index in [0.717, 1.165) is 18.2 Å². The zero-order valence-electron chi connectivity index (χ0n) is 15.6. The highest BCUT2D eigenvalue weighted by Gasteiger charge is 2.23. The first-order valence-corrected chi connectivity index (χ1v) is 10.0. The Bertz CT molecular complexity index is 1250. The molecule has 3 rings (SSSR count). The average molecular weight is 478 g/mol. The summed E-state index contributed by atoms with van der Waals surface area (Å²) in [6.07, 6.45) is 0. The fraction of sp³-hybridized carbons (Fsp3) is 0.0588. The molecule has 0 aliphatic heterocycles. The van der Waals surface area contributed by atoms with Crippen LogP contribution in [0.15, 0.2) is 42.5 Å². The van der Waals surface area contributed by atoms with Crippen LogP contribution >= 0.6 is 22.7 Å². The maximum absolute atomic E-state index is 12.2. The van der Waals surface area contributed by atoms with Crippen LogP contribution in [0.4, 0.5) is 15.7 Å². The highest BCUT2D eigenvalue weighted by Crippen LogP contribution is 2.31. The van der Waals surface area contributed by atoms with E-state index in [-0.39, 0.29) is 32.1 Å². The van der Waals surface area contributed by atoms with E-state index in [4.69, 9.17) is 4.74 Å². The minimum Gasteiger partial charge on any atom is -0.415 e. The van der Waals surface area contributed by atoms with Crippen LogP contribution in [-0.4, -0.2) is 26.6 Å². The van der Waals surface area contributed by atoms with Crippen LogP contribution < -0.4 is 10.1 Å². The lowest BCUT2D eigenvalue weighted by molar-refractivity contribution is -0.385. The third-order valence-electron chi connectivity index (χ3n) is 3.84. The number of nitrogens with zero attached hydrogens (tertiary/aromatic N) is 3. The molecule has 0 aliphatic carbocycles. The van der Waals surface area contributed by atoms with Gasteiger partial charge in [0, 0.05) is 24.7 Å². The third kappa shape index (κ3) is 5.08. The topological polar surface area (TPSA) is 185 Å². The van der Waals surface area contributed by atoms with Crippen LogP contribution in [0.25, 0.3) is 0 Å². The van der Waals surface area contributed by atoms with E-state index in [9.17, 15) is 39.9 Å². The predicted molar refractivity (Wildman–Crippen MR) is 111 cm³/mol. The molecule has 0 aliphatic rings. The summed E-state index contributed by atoms with van der Waals surface area (Å²) in [4.78, 5) is 55.0. The number of thiophene rings is 2. The number of nitrogens with one attached hydrogen (secondary N) is 1. The molecule has 32 heavy (non-hydrogen) atoms. The van der Waals surface area contributed by atoms with E-state index in [1.165, 1.54) is 24.3 Å². The molecule has 1 amide bonds. The Morgan fingerprint density at radius 2 is 1.44 bits per heavy atom. The first-order chi connectivity index (χ1) is 15.2. The molecule has 0 fully saturated rings. The molecule has 1 N–H and O–H groups in total. The van der Waals surface area contributed by atoms with Crippen molar-refractivity contribution in [1.82, 2.24) is 5.32 Å². The number of benzene rings is 1. The summed E-state index contributed by atoms with van der Waals surface area (Å²) in [5, 5.41) is 34.8. The number of nitro benzene ring substituents is 1. The quantitative estimate of drug-likeness (QED) is 0.218. The van der Waals surface area contributed by atoms with Crippen molar-refractivity contribution in [2.24, 2.45) is 0 Å². The zero-order valence-corrected chi connectivity index (χ0v) is 17.2. The molecule has 2 aromatic heterocycles. The normalized spacial score (nSPS) is 10.4. The summed E-state index contributed by atoms with van der Waals surface area (Å²) in [5.41, 5.74) is -0.245. The van der Waals surface area contributed by atoms with E-state index in [2.05, 4.69) is 5.32 Å². The second-order valence-corrected chi connectivity index (χ2v) is 8.05. The van der Waals surface area contributed by atoms with Crippen molar-refractivity contribution in [2.75, 3.05) is 0 Å². The fourth-order valence-corrected chi connectivity index (χ4v) is 3.84. The molecule has 0 bridgehead atoms. The zero-order chi connectivity index (χ0) is 23.4. The van der Waals surface area contributed by atoms with Crippen molar-refractivity contribution in [3.63, 3.8) is 0 Å². The van der Waals surface area contributed by atoms with Gasteiger partial charge in [-0.1, -0.05) is 28.7 Å². The van der Waals surface area contributed by atoms with Crippen LogP contribution in [0.3, 0.4) is 0 Å². The molecule has 0 saturated heterocycles. The number of nitro groups is 3. The molecule has 0 spiro atoms. The van der Waals surface area contributed by atoms with Crippen molar-refractivity contribution >= 4 is 50.2 Å². The van der Waals surface area contributed by atoms with E-state index in [0.29, 0.717) is 28.2 Å². The van der Waals surface area contributed by atoms with Gasteiger partial charge in [0.1, 0.15) is 4.88 Å². The average Bonchev–Trinajstić information content (AvgIpc) is 3.42. The Labute approximate surface area is 185 Å². The number of hydrogen-bond acceptors (Lipinski definition) is 11. The van der Waals surface area contributed by atoms with Crippen LogP contribution in [-0.2, 0) is 6.54 Å². The molecule has 2 heterocycles. The SMILES string of the molecule is O=C(NCc1ccc(OC(=O)c2ccc([N+](=O)[O-])s2)c([N+](=O)[O-])c1)c1ccc([N+](=O)[O-])s1. The monoisotopic (exact) mass is 478 g/mol. The predicted octanol–water partition coefficient (Wildman–Crippen LogP) is 3.68. The maximum atomic E-state index is 12.2. The van der Waals surface area contributed by atoms with Gasteiger partial charge in [-0.05, 0) is 23.8 Å². The Morgan fingerprint density at radius 3 is 2.00 bits per heavy atom. The maximum Gasteiger partial charge on any atom is 0.354 e. The van der Waals surface area contributed by atoms with Gasteiger partial charge in [-0.25, -0.2) is 4.79 Å². The van der Waals surface area contributed by atoms with Crippen molar-refractivity contribution in [2.45, 2.75) is 6.54 Å². The fourth-order valence-electron chi connectivity index (χ4n) is 2.40. The van der Waals surface area contributed by atoms with Gasteiger partial charge in [0.15, 0.2) is 0 Å². The largest absolute Gasteiger partial charge is 0.415 e. The molecule has 0 atom stereocenters. The lowest BCUT2D eigenvalue weighted by atomic mass is 10.2. The number of rotatable bonds is 8. The number of amides is 1. The third-order valence-corrected chi connectivity index (χ3v) is 5.90. The minimum atomic E-state index is -0.994. The van der Waals surface area contributed by atoms with Crippen molar-refractivity contribution in [3.05, 3.63) is 88.1 Å². The van der Waals surface area contributed by atoms with Gasteiger partial charge in [-0.3, -0.25) is 35.1 Å². The Balaban J connectivity index is 1.71. The van der Waals surface area contributed by atoms with Crippen LogP contribution in [0, 0.1) is 30.3 Å². The van der Waals surface area contributed by atoms with Crippen molar-refractivity contribution in [3.8, 4) is 5.75 Å². The lowest BCUT2D eigenvalue weighted by Crippen LogP contribution is -2.21.